The van der Waals surface area contributed by atoms with Gasteiger partial charge in [0.15, 0.2) is 18.5 Å². The number of carboxylic acid groups (broad SMARTS) is 1. The Hall–Kier alpha value is -3.35. The van der Waals surface area contributed by atoms with Crippen LogP contribution in [0.4, 0.5) is 0 Å². The molecule has 11 nitrogen and oxygen atoms in total. The van der Waals surface area contributed by atoms with Gasteiger partial charge in [-0.25, -0.2) is 4.79 Å². The molecule has 60 heavy (non-hydrogen) atoms. The van der Waals surface area contributed by atoms with E-state index in [1.54, 1.807) is 6.08 Å². The monoisotopic (exact) mass is 845 g/mol. The summed E-state index contributed by atoms with van der Waals surface area (Å²) in [5, 5.41) is 39.8. The molecule has 0 amide bonds. The van der Waals surface area contributed by atoms with Gasteiger partial charge in [-0.3, -0.25) is 9.59 Å². The number of carboxylic acids is 1. The summed E-state index contributed by atoms with van der Waals surface area (Å²) in [5.41, 5.74) is 0. The van der Waals surface area contributed by atoms with Crippen molar-refractivity contribution in [1.82, 2.24) is 0 Å². The lowest BCUT2D eigenvalue weighted by molar-refractivity contribution is -0.298. The van der Waals surface area contributed by atoms with E-state index >= 15 is 0 Å². The number of carbonyl (C=O) groups is 3. The normalized spacial score (nSPS) is 20.4. The van der Waals surface area contributed by atoms with E-state index in [0.717, 1.165) is 44.9 Å². The van der Waals surface area contributed by atoms with E-state index in [1.807, 2.05) is 12.2 Å². The number of unbranched alkanes of at least 4 members (excludes halogenated alkanes) is 15. The van der Waals surface area contributed by atoms with Crippen LogP contribution in [0.1, 0.15) is 168 Å². The lowest BCUT2D eigenvalue weighted by Crippen LogP contribution is -2.60. The lowest BCUT2D eigenvalue weighted by atomic mass is 9.99. The van der Waals surface area contributed by atoms with Gasteiger partial charge < -0.3 is 39.4 Å². The smallest absolute Gasteiger partial charge is 0.335 e. The molecule has 0 aromatic carbocycles. The first-order valence-corrected chi connectivity index (χ1v) is 23.0. The van der Waals surface area contributed by atoms with Gasteiger partial charge in [-0.2, -0.15) is 0 Å². The first-order valence-electron chi connectivity index (χ1n) is 23.0. The minimum absolute atomic E-state index is 0.000565. The zero-order chi connectivity index (χ0) is 43.9. The van der Waals surface area contributed by atoms with Crippen LogP contribution in [0.25, 0.3) is 0 Å². The first kappa shape index (κ1) is 54.7. The third kappa shape index (κ3) is 29.8. The molecule has 0 bridgehead atoms. The van der Waals surface area contributed by atoms with Crippen molar-refractivity contribution in [2.24, 2.45) is 0 Å². The summed E-state index contributed by atoms with van der Waals surface area (Å²) < 4.78 is 21.6. The molecule has 6 atom stereocenters. The number of allylic oxidation sites excluding steroid dienone is 11. The Balaban J connectivity index is 2.41. The summed E-state index contributed by atoms with van der Waals surface area (Å²) in [7, 11) is 0. The zero-order valence-electron chi connectivity index (χ0n) is 36.9. The van der Waals surface area contributed by atoms with Crippen molar-refractivity contribution in [1.29, 1.82) is 0 Å². The number of hydrogen-bond acceptors (Lipinski definition) is 10. The van der Waals surface area contributed by atoms with E-state index in [4.69, 9.17) is 18.9 Å². The number of carbonyl (C=O) groups excluding carboxylic acids is 2. The third-order valence-electron chi connectivity index (χ3n) is 10.1. The first-order chi connectivity index (χ1) is 29.2. The van der Waals surface area contributed by atoms with Crippen molar-refractivity contribution < 1.29 is 53.8 Å². The highest BCUT2D eigenvalue weighted by atomic mass is 16.7. The molecule has 6 unspecified atom stereocenters. The topological polar surface area (TPSA) is 169 Å². The van der Waals surface area contributed by atoms with Gasteiger partial charge in [0, 0.05) is 6.42 Å². The fourth-order valence-electron chi connectivity index (χ4n) is 6.48. The van der Waals surface area contributed by atoms with Gasteiger partial charge in [0.1, 0.15) is 24.9 Å². The minimum Gasteiger partial charge on any atom is -0.479 e. The minimum atomic E-state index is -1.88. The van der Waals surface area contributed by atoms with Crippen LogP contribution in [0.2, 0.25) is 0 Å². The van der Waals surface area contributed by atoms with E-state index in [1.165, 1.54) is 83.5 Å². The van der Waals surface area contributed by atoms with E-state index in [2.05, 4.69) is 68.5 Å². The second kappa shape index (κ2) is 38.6. The average Bonchev–Trinajstić information content (AvgIpc) is 3.23. The van der Waals surface area contributed by atoms with E-state index < -0.39 is 61.3 Å². The van der Waals surface area contributed by atoms with Gasteiger partial charge in [-0.15, -0.1) is 0 Å². The van der Waals surface area contributed by atoms with Crippen LogP contribution in [0.3, 0.4) is 0 Å². The Labute approximate surface area is 361 Å². The summed E-state index contributed by atoms with van der Waals surface area (Å²) in [6.45, 7) is 3.60. The van der Waals surface area contributed by atoms with Gasteiger partial charge in [-0.1, -0.05) is 164 Å². The molecule has 0 spiro atoms. The fourth-order valence-corrected chi connectivity index (χ4v) is 6.48. The van der Waals surface area contributed by atoms with Crippen LogP contribution in [0, 0.1) is 0 Å². The predicted molar refractivity (Wildman–Crippen MR) is 238 cm³/mol. The molecular weight excluding hydrogens is 765 g/mol. The molecule has 1 saturated heterocycles. The quantitative estimate of drug-likeness (QED) is 0.0267. The Morgan fingerprint density at radius 3 is 1.55 bits per heavy atom. The largest absolute Gasteiger partial charge is 0.479 e. The van der Waals surface area contributed by atoms with Crippen molar-refractivity contribution >= 4 is 17.9 Å². The zero-order valence-corrected chi connectivity index (χ0v) is 36.9. The molecule has 0 radical (unpaired) electrons. The molecule has 1 aliphatic heterocycles. The highest BCUT2D eigenvalue weighted by molar-refractivity contribution is 5.73. The third-order valence-corrected chi connectivity index (χ3v) is 10.1. The van der Waals surface area contributed by atoms with Crippen molar-refractivity contribution in [3.05, 3.63) is 72.9 Å². The van der Waals surface area contributed by atoms with E-state index in [9.17, 15) is 34.8 Å². The van der Waals surface area contributed by atoms with E-state index in [0.29, 0.717) is 12.8 Å². The molecule has 1 aliphatic rings. The number of esters is 2. The Kier molecular flexibility index (Phi) is 35.1. The Morgan fingerprint density at radius 2 is 1.03 bits per heavy atom. The maximum Gasteiger partial charge on any atom is 0.335 e. The number of ether oxygens (including phenoxy) is 4. The number of hydrogen-bond donors (Lipinski definition) is 4. The standard InChI is InChI=1S/C49H80O11/c1-3-5-7-9-11-13-15-17-19-20-21-22-24-26-28-30-32-34-36-38-43(51)59-41(40-58-49-46(54)44(52)45(53)47(60-49)48(55)56)39-57-42(50)37-35-33-31-29-27-25-23-18-16-14-12-10-8-6-4-2/h6,8,12,14,17-19,23,27,29,33,35,41,44-47,49,52-54H,3-5,7,9-11,13,15-16,20-22,24-26,28,30-32,34,36-40H2,1-2H3,(H,55,56)/b8-6-,14-12-,19-17-,23-18-,29-27-,35-33-. The van der Waals surface area contributed by atoms with Gasteiger partial charge in [-0.05, 0) is 64.2 Å². The van der Waals surface area contributed by atoms with Crippen LogP contribution < -0.4 is 0 Å². The molecule has 4 N–H and O–H groups in total. The molecule has 1 rings (SSSR count). The van der Waals surface area contributed by atoms with Crippen molar-refractivity contribution in [2.45, 2.75) is 205 Å². The summed E-state index contributed by atoms with van der Waals surface area (Å²) in [4.78, 5) is 36.8. The van der Waals surface area contributed by atoms with Gasteiger partial charge in [0.2, 0.25) is 0 Å². The number of aliphatic hydroxyl groups is 3. The molecule has 342 valence electrons. The molecule has 0 aromatic rings. The summed E-state index contributed by atoms with van der Waals surface area (Å²) in [6, 6.07) is 0. The Morgan fingerprint density at radius 1 is 0.550 bits per heavy atom. The van der Waals surface area contributed by atoms with Gasteiger partial charge >= 0.3 is 17.9 Å². The summed E-state index contributed by atoms with van der Waals surface area (Å²) in [6.07, 6.45) is 39.8. The molecule has 1 heterocycles. The van der Waals surface area contributed by atoms with Crippen molar-refractivity contribution in [3.8, 4) is 0 Å². The maximum absolute atomic E-state index is 12.8. The molecule has 0 aromatic heterocycles. The van der Waals surface area contributed by atoms with Crippen LogP contribution in [-0.4, -0.2) is 88.4 Å². The Bertz CT molecular complexity index is 1270. The van der Waals surface area contributed by atoms with Crippen molar-refractivity contribution in [2.75, 3.05) is 13.2 Å². The fraction of sp³-hybridized carbons (Fsp3) is 0.694. The molecule has 0 saturated carbocycles. The summed E-state index contributed by atoms with van der Waals surface area (Å²) >= 11 is 0. The maximum atomic E-state index is 12.8. The second-order valence-corrected chi connectivity index (χ2v) is 15.5. The summed E-state index contributed by atoms with van der Waals surface area (Å²) in [5.74, 6) is -2.61. The van der Waals surface area contributed by atoms with Crippen LogP contribution in [0.5, 0.6) is 0 Å². The number of rotatable bonds is 37. The van der Waals surface area contributed by atoms with Crippen molar-refractivity contribution in [3.63, 3.8) is 0 Å². The SMILES string of the molecule is CC/C=C\C/C=C\C/C=C\C/C=C\C/C=C\CC(=O)OCC(COC1OC(C(=O)O)C(O)C(O)C1O)OC(=O)CCCCCCCCCCC/C=C\CCCCCCCC. The van der Waals surface area contributed by atoms with Crippen LogP contribution in [0.15, 0.2) is 72.9 Å². The number of aliphatic hydroxyl groups excluding tert-OH is 3. The average molecular weight is 845 g/mol. The lowest BCUT2D eigenvalue weighted by Gasteiger charge is -2.38. The highest BCUT2D eigenvalue weighted by Crippen LogP contribution is 2.23. The van der Waals surface area contributed by atoms with Crippen LogP contribution >= 0.6 is 0 Å². The van der Waals surface area contributed by atoms with Crippen LogP contribution in [-0.2, 0) is 33.3 Å². The molecule has 0 aliphatic carbocycles. The van der Waals surface area contributed by atoms with E-state index in [-0.39, 0.29) is 19.4 Å². The molecular formula is C49H80O11. The molecule has 11 heteroatoms. The van der Waals surface area contributed by atoms with Gasteiger partial charge in [0.25, 0.3) is 0 Å². The molecule has 1 fully saturated rings. The predicted octanol–water partition coefficient (Wildman–Crippen LogP) is 10.1. The van der Waals surface area contributed by atoms with Gasteiger partial charge in [0.05, 0.1) is 13.0 Å². The number of aliphatic carboxylic acids is 1. The highest BCUT2D eigenvalue weighted by Gasteiger charge is 2.47. The second-order valence-electron chi connectivity index (χ2n) is 15.5.